The lowest BCUT2D eigenvalue weighted by Crippen LogP contribution is -2.35. The van der Waals surface area contributed by atoms with Crippen LogP contribution in [0.3, 0.4) is 0 Å². The van der Waals surface area contributed by atoms with Crippen molar-refractivity contribution < 1.29 is 4.74 Å². The zero-order chi connectivity index (χ0) is 14.7. The van der Waals surface area contributed by atoms with E-state index in [0.717, 1.165) is 28.9 Å². The van der Waals surface area contributed by atoms with Gasteiger partial charge in [0.25, 0.3) is 0 Å². The summed E-state index contributed by atoms with van der Waals surface area (Å²) < 4.78 is 5.48. The highest BCUT2D eigenvalue weighted by Gasteiger charge is 2.24. The van der Waals surface area contributed by atoms with Gasteiger partial charge in [-0.05, 0) is 25.0 Å². The number of hydrogen-bond acceptors (Lipinski definition) is 3. The molecule has 0 radical (unpaired) electrons. The van der Waals surface area contributed by atoms with Crippen LogP contribution in [-0.4, -0.2) is 30.6 Å². The Morgan fingerprint density at radius 2 is 2.05 bits per heavy atom. The third-order valence-electron chi connectivity index (χ3n) is 4.33. The summed E-state index contributed by atoms with van der Waals surface area (Å²) in [5.74, 6) is 2.56. The van der Waals surface area contributed by atoms with Crippen molar-refractivity contribution in [3.05, 3.63) is 30.5 Å². The molecule has 0 aliphatic heterocycles. The Bertz CT molecular complexity index is 611. The fourth-order valence-electron chi connectivity index (χ4n) is 3.34. The Kier molecular flexibility index (Phi) is 4.49. The SMILES string of the molecule is COc1cccc2c(N(CCCl)C3CCCC3)nccc12. The van der Waals surface area contributed by atoms with Gasteiger partial charge in [-0.25, -0.2) is 4.98 Å². The van der Waals surface area contributed by atoms with Crippen LogP contribution in [0.5, 0.6) is 5.75 Å². The van der Waals surface area contributed by atoms with Gasteiger partial charge < -0.3 is 9.64 Å². The number of halogens is 1. The molecule has 1 aromatic carbocycles. The van der Waals surface area contributed by atoms with E-state index in [1.807, 2.05) is 24.4 Å². The van der Waals surface area contributed by atoms with Gasteiger partial charge in [0.05, 0.1) is 7.11 Å². The minimum atomic E-state index is 0.563. The fraction of sp³-hybridized carbons (Fsp3) is 0.471. The van der Waals surface area contributed by atoms with Crippen molar-refractivity contribution in [1.29, 1.82) is 0 Å². The van der Waals surface area contributed by atoms with Crippen LogP contribution in [0.4, 0.5) is 5.82 Å². The van der Waals surface area contributed by atoms with Gasteiger partial charge in [0.2, 0.25) is 0 Å². The lowest BCUT2D eigenvalue weighted by Gasteiger charge is -2.30. The summed E-state index contributed by atoms with van der Waals surface area (Å²) >= 11 is 6.04. The highest BCUT2D eigenvalue weighted by atomic mass is 35.5. The molecular weight excluding hydrogens is 284 g/mol. The van der Waals surface area contributed by atoms with Gasteiger partial charge in [0, 0.05) is 35.4 Å². The Morgan fingerprint density at radius 1 is 1.24 bits per heavy atom. The minimum Gasteiger partial charge on any atom is -0.496 e. The number of aromatic nitrogens is 1. The van der Waals surface area contributed by atoms with Crippen molar-refractivity contribution in [2.75, 3.05) is 24.4 Å². The van der Waals surface area contributed by atoms with Crippen molar-refractivity contribution in [2.24, 2.45) is 0 Å². The lowest BCUT2D eigenvalue weighted by atomic mass is 10.1. The number of fused-ring (bicyclic) bond motifs is 1. The standard InChI is InChI=1S/C17H21ClN2O/c1-21-16-8-4-7-15-14(16)9-11-19-17(15)20(12-10-18)13-5-2-3-6-13/h4,7-9,11,13H,2-3,5-6,10,12H2,1H3. The number of benzene rings is 1. The summed E-state index contributed by atoms with van der Waals surface area (Å²) in [7, 11) is 1.71. The van der Waals surface area contributed by atoms with E-state index >= 15 is 0 Å². The molecule has 21 heavy (non-hydrogen) atoms. The van der Waals surface area contributed by atoms with E-state index in [2.05, 4.69) is 16.0 Å². The van der Waals surface area contributed by atoms with Crippen LogP contribution in [0.25, 0.3) is 10.8 Å². The first-order chi connectivity index (χ1) is 10.3. The van der Waals surface area contributed by atoms with Crippen LogP contribution in [0.2, 0.25) is 0 Å². The Balaban J connectivity index is 2.08. The fourth-order valence-corrected chi connectivity index (χ4v) is 3.52. The summed E-state index contributed by atoms with van der Waals surface area (Å²) in [6.07, 6.45) is 6.95. The van der Waals surface area contributed by atoms with Gasteiger partial charge in [0.15, 0.2) is 0 Å². The maximum atomic E-state index is 6.04. The average molecular weight is 305 g/mol. The highest BCUT2D eigenvalue weighted by molar-refractivity contribution is 6.18. The number of hydrogen-bond donors (Lipinski definition) is 0. The van der Waals surface area contributed by atoms with Gasteiger partial charge in [-0.1, -0.05) is 25.0 Å². The number of methoxy groups -OCH3 is 1. The van der Waals surface area contributed by atoms with Crippen LogP contribution in [-0.2, 0) is 0 Å². The van der Waals surface area contributed by atoms with Gasteiger partial charge >= 0.3 is 0 Å². The predicted octanol–water partition coefficient (Wildman–Crippen LogP) is 4.23. The Morgan fingerprint density at radius 3 is 2.76 bits per heavy atom. The van der Waals surface area contributed by atoms with Gasteiger partial charge in [-0.3, -0.25) is 0 Å². The van der Waals surface area contributed by atoms with E-state index in [4.69, 9.17) is 16.3 Å². The van der Waals surface area contributed by atoms with Crippen molar-refractivity contribution in [3.63, 3.8) is 0 Å². The zero-order valence-electron chi connectivity index (χ0n) is 12.4. The van der Waals surface area contributed by atoms with E-state index in [1.54, 1.807) is 7.11 Å². The summed E-state index contributed by atoms with van der Waals surface area (Å²) in [4.78, 5) is 7.05. The molecule has 4 heteroatoms. The molecule has 1 fully saturated rings. The second-order valence-electron chi connectivity index (χ2n) is 5.51. The van der Waals surface area contributed by atoms with Crippen LogP contribution in [0, 0.1) is 0 Å². The average Bonchev–Trinajstić information content (AvgIpc) is 3.05. The maximum Gasteiger partial charge on any atom is 0.136 e. The summed E-state index contributed by atoms with van der Waals surface area (Å²) in [5, 5.41) is 2.26. The van der Waals surface area contributed by atoms with E-state index in [-0.39, 0.29) is 0 Å². The molecule has 0 unspecified atom stereocenters. The van der Waals surface area contributed by atoms with Crippen molar-refractivity contribution >= 4 is 28.2 Å². The van der Waals surface area contributed by atoms with E-state index in [1.165, 1.54) is 25.7 Å². The smallest absolute Gasteiger partial charge is 0.136 e. The number of anilines is 1. The minimum absolute atomic E-state index is 0.563. The number of pyridine rings is 1. The molecule has 1 heterocycles. The molecule has 112 valence electrons. The summed E-state index contributed by atoms with van der Waals surface area (Å²) in [6, 6.07) is 8.72. The molecular formula is C17H21ClN2O. The summed E-state index contributed by atoms with van der Waals surface area (Å²) in [6.45, 7) is 0.843. The number of nitrogens with zero attached hydrogens (tertiary/aromatic N) is 2. The number of alkyl halides is 1. The lowest BCUT2D eigenvalue weighted by molar-refractivity contribution is 0.420. The number of rotatable bonds is 5. The quantitative estimate of drug-likeness (QED) is 0.773. The van der Waals surface area contributed by atoms with Crippen LogP contribution >= 0.6 is 11.6 Å². The molecule has 0 spiro atoms. The Labute approximate surface area is 130 Å². The molecule has 3 nitrogen and oxygen atoms in total. The second-order valence-corrected chi connectivity index (χ2v) is 5.89. The van der Waals surface area contributed by atoms with Gasteiger partial charge in [0.1, 0.15) is 11.6 Å². The van der Waals surface area contributed by atoms with E-state index in [0.29, 0.717) is 11.9 Å². The molecule has 1 aromatic heterocycles. The molecule has 3 rings (SSSR count). The molecule has 1 saturated carbocycles. The van der Waals surface area contributed by atoms with Crippen LogP contribution in [0.15, 0.2) is 30.5 Å². The largest absolute Gasteiger partial charge is 0.496 e. The van der Waals surface area contributed by atoms with Gasteiger partial charge in [-0.15, -0.1) is 11.6 Å². The second kappa shape index (κ2) is 6.52. The number of ether oxygens (including phenoxy) is 1. The first-order valence-electron chi connectivity index (χ1n) is 7.59. The normalized spacial score (nSPS) is 15.5. The zero-order valence-corrected chi connectivity index (χ0v) is 13.1. The van der Waals surface area contributed by atoms with E-state index < -0.39 is 0 Å². The first-order valence-corrected chi connectivity index (χ1v) is 8.13. The monoisotopic (exact) mass is 304 g/mol. The molecule has 0 atom stereocenters. The third kappa shape index (κ3) is 2.80. The Hall–Kier alpha value is -1.48. The van der Waals surface area contributed by atoms with Crippen molar-refractivity contribution in [1.82, 2.24) is 4.98 Å². The van der Waals surface area contributed by atoms with Gasteiger partial charge in [-0.2, -0.15) is 0 Å². The topological polar surface area (TPSA) is 25.4 Å². The maximum absolute atomic E-state index is 6.04. The van der Waals surface area contributed by atoms with Crippen LogP contribution < -0.4 is 9.64 Å². The molecule has 1 aliphatic rings. The third-order valence-corrected chi connectivity index (χ3v) is 4.50. The molecule has 0 amide bonds. The van der Waals surface area contributed by atoms with Crippen LogP contribution in [0.1, 0.15) is 25.7 Å². The molecule has 0 saturated heterocycles. The van der Waals surface area contributed by atoms with E-state index in [9.17, 15) is 0 Å². The molecule has 0 N–H and O–H groups in total. The molecule has 1 aliphatic carbocycles. The van der Waals surface area contributed by atoms with Crippen molar-refractivity contribution in [2.45, 2.75) is 31.7 Å². The van der Waals surface area contributed by atoms with Crippen molar-refractivity contribution in [3.8, 4) is 5.75 Å². The predicted molar refractivity (Wildman–Crippen MR) is 88.6 cm³/mol. The first kappa shape index (κ1) is 14.5. The molecule has 0 bridgehead atoms. The highest BCUT2D eigenvalue weighted by Crippen LogP contribution is 2.34. The summed E-state index contributed by atoms with van der Waals surface area (Å²) in [5.41, 5.74) is 0. The molecule has 2 aromatic rings.